The van der Waals surface area contributed by atoms with E-state index in [2.05, 4.69) is 33.6 Å². The maximum absolute atomic E-state index is 13.4. The van der Waals surface area contributed by atoms with Gasteiger partial charge in [-0.15, -0.1) is 0 Å². The fourth-order valence-corrected chi connectivity index (χ4v) is 3.19. The number of aromatic nitrogens is 1. The first-order valence-electron chi connectivity index (χ1n) is 8.70. The quantitative estimate of drug-likeness (QED) is 0.731. The van der Waals surface area contributed by atoms with E-state index in [-0.39, 0.29) is 17.9 Å². The van der Waals surface area contributed by atoms with Crippen LogP contribution in [0.5, 0.6) is 0 Å². The van der Waals surface area contributed by atoms with Crippen LogP contribution in [-0.2, 0) is 6.42 Å². The molecular formula is C19H25FN4O. The van der Waals surface area contributed by atoms with Gasteiger partial charge >= 0.3 is 6.03 Å². The van der Waals surface area contributed by atoms with Crippen molar-refractivity contribution < 1.29 is 9.18 Å². The van der Waals surface area contributed by atoms with E-state index in [1.54, 1.807) is 6.07 Å². The van der Waals surface area contributed by atoms with Crippen molar-refractivity contribution >= 4 is 16.9 Å². The molecule has 2 aromatic rings. The Bertz CT molecular complexity index is 783. The highest BCUT2D eigenvalue weighted by molar-refractivity contribution is 5.83. The lowest BCUT2D eigenvalue weighted by molar-refractivity contribution is 0.238. The first-order valence-corrected chi connectivity index (χ1v) is 8.70. The summed E-state index contributed by atoms with van der Waals surface area (Å²) >= 11 is 0. The van der Waals surface area contributed by atoms with Crippen LogP contribution in [0.25, 0.3) is 10.9 Å². The SMILES string of the molecule is C[C@@H](NC(=O)NCCc1c[nH]c2ccc(F)cc12)C1=CCN(C)CC1. The molecular weight excluding hydrogens is 319 g/mol. The molecule has 1 atom stereocenters. The van der Waals surface area contributed by atoms with Crippen LogP contribution in [0.15, 0.2) is 36.0 Å². The zero-order chi connectivity index (χ0) is 17.8. The second-order valence-corrected chi connectivity index (χ2v) is 6.67. The standard InChI is InChI=1S/C19H25FN4O/c1-13(14-6-9-24(2)10-7-14)23-19(25)21-8-5-15-12-22-18-4-3-16(20)11-17(15)18/h3-4,6,11-13,22H,5,7-10H2,1-2H3,(H2,21,23,25)/t13-/m1/s1. The molecule has 0 saturated heterocycles. The summed E-state index contributed by atoms with van der Waals surface area (Å²) in [6.07, 6.45) is 5.70. The highest BCUT2D eigenvalue weighted by Crippen LogP contribution is 2.19. The summed E-state index contributed by atoms with van der Waals surface area (Å²) in [5, 5.41) is 6.74. The van der Waals surface area contributed by atoms with Crippen LogP contribution in [0.3, 0.4) is 0 Å². The Labute approximate surface area is 147 Å². The van der Waals surface area contributed by atoms with Gasteiger partial charge in [0.15, 0.2) is 0 Å². The molecule has 0 saturated carbocycles. The van der Waals surface area contributed by atoms with Gasteiger partial charge in [-0.1, -0.05) is 6.08 Å². The maximum Gasteiger partial charge on any atom is 0.315 e. The van der Waals surface area contributed by atoms with Gasteiger partial charge in [0.25, 0.3) is 0 Å². The molecule has 2 heterocycles. The van der Waals surface area contributed by atoms with Crippen molar-refractivity contribution in [1.29, 1.82) is 0 Å². The van der Waals surface area contributed by atoms with Crippen LogP contribution < -0.4 is 10.6 Å². The zero-order valence-corrected chi connectivity index (χ0v) is 14.7. The van der Waals surface area contributed by atoms with Crippen molar-refractivity contribution in [3.63, 3.8) is 0 Å². The summed E-state index contributed by atoms with van der Waals surface area (Å²) in [6.45, 7) is 4.47. The number of urea groups is 1. The first-order chi connectivity index (χ1) is 12.0. The average molecular weight is 344 g/mol. The molecule has 0 aliphatic carbocycles. The predicted octanol–water partition coefficient (Wildman–Crippen LogP) is 2.80. The Morgan fingerprint density at radius 2 is 2.28 bits per heavy atom. The van der Waals surface area contributed by atoms with Crippen molar-refractivity contribution in [3.05, 3.63) is 47.4 Å². The zero-order valence-electron chi connectivity index (χ0n) is 14.7. The predicted molar refractivity (Wildman–Crippen MR) is 98.2 cm³/mol. The number of carbonyl (C=O) groups is 1. The third kappa shape index (κ3) is 4.39. The van der Waals surface area contributed by atoms with Crippen LogP contribution in [0.4, 0.5) is 9.18 Å². The van der Waals surface area contributed by atoms with E-state index in [9.17, 15) is 9.18 Å². The summed E-state index contributed by atoms with van der Waals surface area (Å²) in [4.78, 5) is 17.5. The van der Waals surface area contributed by atoms with Gasteiger partial charge in [0.05, 0.1) is 0 Å². The number of carbonyl (C=O) groups excluding carboxylic acids is 1. The lowest BCUT2D eigenvalue weighted by Crippen LogP contribution is -2.43. The number of rotatable bonds is 5. The Balaban J connectivity index is 1.48. The van der Waals surface area contributed by atoms with Gasteiger partial charge in [0, 0.05) is 42.8 Å². The van der Waals surface area contributed by atoms with Crippen LogP contribution in [-0.4, -0.2) is 48.6 Å². The van der Waals surface area contributed by atoms with E-state index >= 15 is 0 Å². The monoisotopic (exact) mass is 344 g/mol. The van der Waals surface area contributed by atoms with Gasteiger partial charge in [0.1, 0.15) is 5.82 Å². The first kappa shape index (κ1) is 17.5. The van der Waals surface area contributed by atoms with E-state index in [1.807, 2.05) is 13.1 Å². The molecule has 2 amide bonds. The van der Waals surface area contributed by atoms with Crippen molar-refractivity contribution in [3.8, 4) is 0 Å². The molecule has 0 radical (unpaired) electrons. The molecule has 0 bridgehead atoms. The van der Waals surface area contributed by atoms with E-state index in [1.165, 1.54) is 17.7 Å². The third-order valence-electron chi connectivity index (χ3n) is 4.76. The molecule has 6 heteroatoms. The number of nitrogens with zero attached hydrogens (tertiary/aromatic N) is 1. The fourth-order valence-electron chi connectivity index (χ4n) is 3.19. The molecule has 1 aromatic heterocycles. The lowest BCUT2D eigenvalue weighted by Gasteiger charge is -2.26. The Hall–Kier alpha value is -2.34. The molecule has 0 fully saturated rings. The van der Waals surface area contributed by atoms with Crippen molar-refractivity contribution in [2.24, 2.45) is 0 Å². The van der Waals surface area contributed by atoms with E-state index in [0.29, 0.717) is 13.0 Å². The minimum atomic E-state index is -0.251. The van der Waals surface area contributed by atoms with E-state index in [4.69, 9.17) is 0 Å². The number of benzene rings is 1. The van der Waals surface area contributed by atoms with Crippen LogP contribution in [0.1, 0.15) is 18.9 Å². The summed E-state index contributed by atoms with van der Waals surface area (Å²) in [6, 6.07) is 4.56. The minimum Gasteiger partial charge on any atom is -0.361 e. The number of aromatic amines is 1. The van der Waals surface area contributed by atoms with Gasteiger partial charge in [-0.3, -0.25) is 0 Å². The molecule has 0 spiro atoms. The fraction of sp³-hybridized carbons (Fsp3) is 0.421. The van der Waals surface area contributed by atoms with Gasteiger partial charge < -0.3 is 20.5 Å². The molecule has 3 N–H and O–H groups in total. The molecule has 5 nitrogen and oxygen atoms in total. The van der Waals surface area contributed by atoms with Gasteiger partial charge in [-0.05, 0) is 56.1 Å². The summed E-state index contributed by atoms with van der Waals surface area (Å²) in [5.74, 6) is -0.251. The minimum absolute atomic E-state index is 0.0379. The number of H-pyrrole nitrogens is 1. The number of hydrogen-bond donors (Lipinski definition) is 3. The van der Waals surface area contributed by atoms with Crippen LogP contribution in [0.2, 0.25) is 0 Å². The topological polar surface area (TPSA) is 60.2 Å². The van der Waals surface area contributed by atoms with Gasteiger partial charge in [-0.25, -0.2) is 9.18 Å². The lowest BCUT2D eigenvalue weighted by atomic mass is 10.0. The number of halogens is 1. The summed E-state index contributed by atoms with van der Waals surface area (Å²) in [5.41, 5.74) is 3.19. The van der Waals surface area contributed by atoms with Crippen molar-refractivity contribution in [2.75, 3.05) is 26.7 Å². The Morgan fingerprint density at radius 1 is 1.44 bits per heavy atom. The Kier molecular flexibility index (Phi) is 5.38. The van der Waals surface area contributed by atoms with E-state index < -0.39 is 0 Å². The summed E-state index contributed by atoms with van der Waals surface area (Å²) in [7, 11) is 2.09. The van der Waals surface area contributed by atoms with Crippen molar-refractivity contribution in [1.82, 2.24) is 20.5 Å². The second kappa shape index (κ2) is 7.70. The molecule has 1 aliphatic rings. The number of nitrogens with one attached hydrogen (secondary N) is 3. The second-order valence-electron chi connectivity index (χ2n) is 6.67. The molecule has 1 aromatic carbocycles. The number of likely N-dealkylation sites (N-methyl/N-ethyl adjacent to an activating group) is 1. The maximum atomic E-state index is 13.4. The normalized spacial score (nSPS) is 16.5. The van der Waals surface area contributed by atoms with Gasteiger partial charge in [-0.2, -0.15) is 0 Å². The number of hydrogen-bond acceptors (Lipinski definition) is 2. The highest BCUT2D eigenvalue weighted by atomic mass is 19.1. The number of amides is 2. The Morgan fingerprint density at radius 3 is 3.04 bits per heavy atom. The molecule has 1 aliphatic heterocycles. The largest absolute Gasteiger partial charge is 0.361 e. The summed E-state index contributed by atoms with van der Waals surface area (Å²) < 4.78 is 13.4. The molecule has 3 rings (SSSR count). The number of fused-ring (bicyclic) bond motifs is 1. The van der Waals surface area contributed by atoms with Gasteiger partial charge in [0.2, 0.25) is 0 Å². The van der Waals surface area contributed by atoms with E-state index in [0.717, 1.165) is 36.0 Å². The van der Waals surface area contributed by atoms with Crippen molar-refractivity contribution in [2.45, 2.75) is 25.8 Å². The smallest absolute Gasteiger partial charge is 0.315 e. The molecule has 0 unspecified atom stereocenters. The third-order valence-corrected chi connectivity index (χ3v) is 4.76. The highest BCUT2D eigenvalue weighted by Gasteiger charge is 2.15. The molecule has 25 heavy (non-hydrogen) atoms. The average Bonchev–Trinajstić information content (AvgIpc) is 2.97. The molecule has 134 valence electrons. The van der Waals surface area contributed by atoms with Crippen LogP contribution >= 0.6 is 0 Å². The van der Waals surface area contributed by atoms with Crippen LogP contribution in [0, 0.1) is 5.82 Å².